The van der Waals surface area contributed by atoms with Gasteiger partial charge in [0, 0.05) is 21.3 Å². The van der Waals surface area contributed by atoms with Gasteiger partial charge in [-0.05, 0) is 61.5 Å². The molecule has 9 heteroatoms. The maximum absolute atomic E-state index is 12.6. The van der Waals surface area contributed by atoms with Crippen molar-refractivity contribution in [1.29, 1.82) is 0 Å². The van der Waals surface area contributed by atoms with Crippen LogP contribution in [0.25, 0.3) is 17.1 Å². The number of halogens is 3. The molecule has 0 atom stereocenters. The molecule has 1 N–H and O–H groups in total. The number of benzene rings is 3. The van der Waals surface area contributed by atoms with E-state index in [0.717, 1.165) is 16.8 Å². The Morgan fingerprint density at radius 1 is 0.938 bits per heavy atom. The lowest BCUT2D eigenvalue weighted by atomic mass is 10.2. The molecule has 0 fully saturated rings. The fraction of sp³-hybridized carbons (Fsp3) is 0.0870. The van der Waals surface area contributed by atoms with Crippen LogP contribution in [0.1, 0.15) is 5.56 Å². The lowest BCUT2D eigenvalue weighted by Gasteiger charge is -2.11. The van der Waals surface area contributed by atoms with Crippen LogP contribution in [0.5, 0.6) is 0 Å². The highest BCUT2D eigenvalue weighted by Gasteiger charge is 2.18. The molecule has 32 heavy (non-hydrogen) atoms. The van der Waals surface area contributed by atoms with Crippen molar-refractivity contribution < 1.29 is 4.79 Å². The van der Waals surface area contributed by atoms with Crippen LogP contribution in [0.3, 0.4) is 0 Å². The van der Waals surface area contributed by atoms with E-state index in [2.05, 4.69) is 15.5 Å². The van der Waals surface area contributed by atoms with Gasteiger partial charge >= 0.3 is 0 Å². The monoisotopic (exact) mass is 502 g/mol. The summed E-state index contributed by atoms with van der Waals surface area (Å²) in [5.74, 6) is 0.546. The average molecular weight is 504 g/mol. The van der Waals surface area contributed by atoms with Crippen molar-refractivity contribution >= 4 is 58.2 Å². The minimum atomic E-state index is -0.231. The molecule has 0 spiro atoms. The summed E-state index contributed by atoms with van der Waals surface area (Å²) in [6.07, 6.45) is 0. The van der Waals surface area contributed by atoms with Gasteiger partial charge in [0.2, 0.25) is 5.91 Å². The van der Waals surface area contributed by atoms with Gasteiger partial charge in [0.05, 0.1) is 16.5 Å². The Hall–Kier alpha value is -2.51. The summed E-state index contributed by atoms with van der Waals surface area (Å²) in [5, 5.41) is 13.6. The van der Waals surface area contributed by atoms with Gasteiger partial charge in [0.15, 0.2) is 11.0 Å². The molecule has 0 aliphatic heterocycles. The van der Waals surface area contributed by atoms with Crippen molar-refractivity contribution in [2.75, 3.05) is 11.1 Å². The first-order valence-corrected chi connectivity index (χ1v) is 11.7. The molecule has 1 amide bonds. The molecule has 0 saturated carbocycles. The summed E-state index contributed by atoms with van der Waals surface area (Å²) in [6.45, 7) is 2.02. The molecule has 4 aromatic rings. The van der Waals surface area contributed by atoms with Crippen LogP contribution in [0.4, 0.5) is 5.69 Å². The lowest BCUT2D eigenvalue weighted by Crippen LogP contribution is -2.15. The molecular formula is C23H17Cl3N4OS. The maximum atomic E-state index is 12.6. The van der Waals surface area contributed by atoms with Gasteiger partial charge in [-0.3, -0.25) is 9.36 Å². The van der Waals surface area contributed by atoms with Gasteiger partial charge in [-0.1, -0.05) is 64.3 Å². The molecule has 0 saturated heterocycles. The molecule has 1 aromatic heterocycles. The van der Waals surface area contributed by atoms with E-state index in [-0.39, 0.29) is 11.7 Å². The number of nitrogens with zero attached hydrogens (tertiary/aromatic N) is 3. The standard InChI is InChI=1S/C23H17Cl3N4OS/c1-14-2-9-18(10-3-14)30-22(15-4-6-16(24)7-5-15)28-29-23(30)32-13-21(31)27-20-12-17(25)8-11-19(20)26/h2-12H,13H2,1H3,(H,27,31). The number of amides is 1. The predicted octanol–water partition coefficient (Wildman–Crippen LogP) is 6.93. The number of aryl methyl sites for hydroxylation is 1. The van der Waals surface area contributed by atoms with Gasteiger partial charge in [-0.15, -0.1) is 10.2 Å². The third kappa shape index (κ3) is 5.27. The summed E-state index contributed by atoms with van der Waals surface area (Å²) >= 11 is 19.5. The van der Waals surface area contributed by atoms with E-state index in [9.17, 15) is 4.79 Å². The van der Waals surface area contributed by atoms with Gasteiger partial charge in [0.1, 0.15) is 0 Å². The Kier molecular flexibility index (Phi) is 7.06. The number of hydrogen-bond acceptors (Lipinski definition) is 4. The zero-order valence-corrected chi connectivity index (χ0v) is 19.9. The molecule has 3 aromatic carbocycles. The molecule has 0 unspecified atom stereocenters. The summed E-state index contributed by atoms with van der Waals surface area (Å²) in [6, 6.07) is 20.3. The van der Waals surface area contributed by atoms with Crippen LogP contribution in [0.15, 0.2) is 71.9 Å². The highest BCUT2D eigenvalue weighted by atomic mass is 35.5. The topological polar surface area (TPSA) is 59.8 Å². The molecule has 0 aliphatic rings. The minimum Gasteiger partial charge on any atom is -0.324 e. The SMILES string of the molecule is Cc1ccc(-n2c(SCC(=O)Nc3cc(Cl)ccc3Cl)nnc2-c2ccc(Cl)cc2)cc1. The molecule has 162 valence electrons. The van der Waals surface area contributed by atoms with Crippen LogP contribution in [-0.4, -0.2) is 26.4 Å². The second kappa shape index (κ2) is 9.96. The Morgan fingerprint density at radius 3 is 2.34 bits per heavy atom. The maximum Gasteiger partial charge on any atom is 0.234 e. The Labute approximate surface area is 204 Å². The van der Waals surface area contributed by atoms with Crippen molar-refractivity contribution in [1.82, 2.24) is 14.8 Å². The van der Waals surface area contributed by atoms with Crippen molar-refractivity contribution in [2.45, 2.75) is 12.1 Å². The first-order chi connectivity index (χ1) is 15.4. The zero-order valence-electron chi connectivity index (χ0n) is 16.8. The third-order valence-corrected chi connectivity index (χ3v) is 6.31. The van der Waals surface area contributed by atoms with E-state index in [4.69, 9.17) is 34.8 Å². The second-order valence-electron chi connectivity index (χ2n) is 6.95. The molecule has 4 rings (SSSR count). The number of nitrogens with one attached hydrogen (secondary N) is 1. The average Bonchev–Trinajstić information content (AvgIpc) is 3.20. The van der Waals surface area contributed by atoms with Crippen LogP contribution in [-0.2, 0) is 4.79 Å². The van der Waals surface area contributed by atoms with E-state index >= 15 is 0 Å². The van der Waals surface area contributed by atoms with E-state index in [0.29, 0.717) is 31.7 Å². The lowest BCUT2D eigenvalue weighted by molar-refractivity contribution is -0.113. The Balaban J connectivity index is 1.60. The molecule has 0 aliphatic carbocycles. The quantitative estimate of drug-likeness (QED) is 0.290. The van der Waals surface area contributed by atoms with Gasteiger partial charge in [-0.25, -0.2) is 0 Å². The zero-order chi connectivity index (χ0) is 22.7. The molecule has 0 radical (unpaired) electrons. The predicted molar refractivity (Wildman–Crippen MR) is 132 cm³/mol. The molecular weight excluding hydrogens is 487 g/mol. The van der Waals surface area contributed by atoms with Crippen LogP contribution >= 0.6 is 46.6 Å². The normalized spacial score (nSPS) is 10.9. The first-order valence-electron chi connectivity index (χ1n) is 9.57. The van der Waals surface area contributed by atoms with Crippen molar-refractivity contribution in [3.05, 3.63) is 87.4 Å². The van der Waals surface area contributed by atoms with Crippen LogP contribution in [0.2, 0.25) is 15.1 Å². The van der Waals surface area contributed by atoms with Gasteiger partial charge in [0.25, 0.3) is 0 Å². The summed E-state index contributed by atoms with van der Waals surface area (Å²) in [4.78, 5) is 12.6. The highest BCUT2D eigenvalue weighted by molar-refractivity contribution is 7.99. The summed E-state index contributed by atoms with van der Waals surface area (Å²) < 4.78 is 1.92. The highest BCUT2D eigenvalue weighted by Crippen LogP contribution is 2.30. The number of hydrogen-bond donors (Lipinski definition) is 1. The van der Waals surface area contributed by atoms with E-state index in [1.807, 2.05) is 47.9 Å². The largest absolute Gasteiger partial charge is 0.324 e. The first kappa shape index (κ1) is 22.7. The molecule has 0 bridgehead atoms. The number of aromatic nitrogens is 3. The Bertz CT molecular complexity index is 1260. The fourth-order valence-electron chi connectivity index (χ4n) is 2.99. The van der Waals surface area contributed by atoms with E-state index in [1.165, 1.54) is 11.8 Å². The van der Waals surface area contributed by atoms with Crippen LogP contribution < -0.4 is 5.32 Å². The summed E-state index contributed by atoms with van der Waals surface area (Å²) in [7, 11) is 0. The van der Waals surface area contributed by atoms with Gasteiger partial charge < -0.3 is 5.32 Å². The number of carbonyl (C=O) groups is 1. The fourth-order valence-corrected chi connectivity index (χ4v) is 4.20. The Morgan fingerprint density at radius 2 is 1.62 bits per heavy atom. The van der Waals surface area contributed by atoms with Crippen LogP contribution in [0, 0.1) is 6.92 Å². The number of carbonyl (C=O) groups excluding carboxylic acids is 1. The smallest absolute Gasteiger partial charge is 0.234 e. The third-order valence-electron chi connectivity index (χ3n) is 4.56. The number of rotatable bonds is 6. The van der Waals surface area contributed by atoms with Crippen molar-refractivity contribution in [3.63, 3.8) is 0 Å². The van der Waals surface area contributed by atoms with E-state index in [1.54, 1.807) is 30.3 Å². The molecule has 5 nitrogen and oxygen atoms in total. The molecule has 1 heterocycles. The summed E-state index contributed by atoms with van der Waals surface area (Å²) in [5.41, 5.74) is 3.37. The minimum absolute atomic E-state index is 0.119. The number of thioether (sulfide) groups is 1. The van der Waals surface area contributed by atoms with Crippen molar-refractivity contribution in [2.24, 2.45) is 0 Å². The van der Waals surface area contributed by atoms with E-state index < -0.39 is 0 Å². The van der Waals surface area contributed by atoms with Gasteiger partial charge in [-0.2, -0.15) is 0 Å². The second-order valence-corrected chi connectivity index (χ2v) is 9.17. The number of anilines is 1. The van der Waals surface area contributed by atoms with Crippen molar-refractivity contribution in [3.8, 4) is 17.1 Å².